The van der Waals surface area contributed by atoms with Gasteiger partial charge in [0.25, 0.3) is 0 Å². The smallest absolute Gasteiger partial charge is 0.241 e. The Labute approximate surface area is 180 Å². The van der Waals surface area contributed by atoms with Crippen molar-refractivity contribution in [2.45, 2.75) is 76.9 Å². The van der Waals surface area contributed by atoms with Gasteiger partial charge in [-0.15, -0.1) is 0 Å². The zero-order chi connectivity index (χ0) is 21.1. The Kier molecular flexibility index (Phi) is 6.42. The fourth-order valence-electron chi connectivity index (χ4n) is 5.53. The van der Waals surface area contributed by atoms with Crippen molar-refractivity contribution in [1.29, 1.82) is 0 Å². The number of aromatic nitrogens is 1. The van der Waals surface area contributed by atoms with Gasteiger partial charge in [-0.25, -0.2) is 0 Å². The molecule has 1 spiro atoms. The lowest BCUT2D eigenvalue weighted by molar-refractivity contribution is -0.140. The van der Waals surface area contributed by atoms with Crippen molar-refractivity contribution in [3.8, 4) is 0 Å². The lowest BCUT2D eigenvalue weighted by Crippen LogP contribution is -2.60. The van der Waals surface area contributed by atoms with E-state index in [1.54, 1.807) is 0 Å². The average molecular weight is 413 g/mol. The fourth-order valence-corrected chi connectivity index (χ4v) is 5.53. The predicted molar refractivity (Wildman–Crippen MR) is 117 cm³/mol. The third kappa shape index (κ3) is 4.39. The molecular weight excluding hydrogens is 376 g/mol. The van der Waals surface area contributed by atoms with Crippen LogP contribution in [0.3, 0.4) is 0 Å². The molecule has 3 aliphatic rings. The maximum absolute atomic E-state index is 13.3. The standard InChI is InChI=1S/C24H36N4O2/c1-18(2)17-21-23(30)28(14-10-20-9-5-6-13-25-20)24(26-21)11-15-27(16-12-24)22(29)19-7-3-4-8-19/h5-6,9,13,18-19,21,26H,3-4,7-8,10-12,14-17H2,1-2H3. The molecule has 2 saturated heterocycles. The van der Waals surface area contributed by atoms with Gasteiger partial charge in [0.15, 0.2) is 0 Å². The number of rotatable bonds is 6. The number of nitrogens with zero attached hydrogens (tertiary/aromatic N) is 3. The molecule has 1 atom stereocenters. The van der Waals surface area contributed by atoms with Crippen molar-refractivity contribution < 1.29 is 9.59 Å². The maximum Gasteiger partial charge on any atom is 0.241 e. The van der Waals surface area contributed by atoms with Crippen molar-refractivity contribution >= 4 is 11.8 Å². The molecule has 0 bridgehead atoms. The number of pyridine rings is 1. The van der Waals surface area contributed by atoms with Crippen LogP contribution in [-0.4, -0.2) is 57.9 Å². The lowest BCUT2D eigenvalue weighted by atomic mass is 9.94. The molecule has 2 amide bonds. The van der Waals surface area contributed by atoms with Crippen LogP contribution in [0, 0.1) is 11.8 Å². The first-order valence-electron chi connectivity index (χ1n) is 11.8. The average Bonchev–Trinajstić information content (AvgIpc) is 3.36. The highest BCUT2D eigenvalue weighted by molar-refractivity contribution is 5.85. The summed E-state index contributed by atoms with van der Waals surface area (Å²) in [6.45, 7) is 6.49. The van der Waals surface area contributed by atoms with Crippen LogP contribution in [0.15, 0.2) is 24.4 Å². The van der Waals surface area contributed by atoms with Gasteiger partial charge in [-0.1, -0.05) is 32.8 Å². The van der Waals surface area contributed by atoms with E-state index >= 15 is 0 Å². The van der Waals surface area contributed by atoms with Gasteiger partial charge in [0, 0.05) is 56.7 Å². The summed E-state index contributed by atoms with van der Waals surface area (Å²) < 4.78 is 0. The zero-order valence-corrected chi connectivity index (χ0v) is 18.5. The highest BCUT2D eigenvalue weighted by atomic mass is 16.2. The van der Waals surface area contributed by atoms with Crippen molar-refractivity contribution in [1.82, 2.24) is 20.1 Å². The van der Waals surface area contributed by atoms with Crippen LogP contribution in [0.1, 0.15) is 64.5 Å². The van der Waals surface area contributed by atoms with Gasteiger partial charge in [-0.05, 0) is 37.3 Å². The summed E-state index contributed by atoms with van der Waals surface area (Å²) in [5.74, 6) is 1.25. The molecule has 30 heavy (non-hydrogen) atoms. The highest BCUT2D eigenvalue weighted by Crippen LogP contribution is 2.35. The van der Waals surface area contributed by atoms with Crippen molar-refractivity contribution in [3.63, 3.8) is 0 Å². The van der Waals surface area contributed by atoms with E-state index in [2.05, 4.69) is 33.9 Å². The summed E-state index contributed by atoms with van der Waals surface area (Å²) >= 11 is 0. The van der Waals surface area contributed by atoms with Crippen molar-refractivity contribution in [3.05, 3.63) is 30.1 Å². The number of nitrogens with one attached hydrogen (secondary N) is 1. The molecule has 1 aromatic rings. The van der Waals surface area contributed by atoms with E-state index in [4.69, 9.17) is 0 Å². The Morgan fingerprint density at radius 2 is 1.97 bits per heavy atom. The lowest BCUT2D eigenvalue weighted by Gasteiger charge is -2.45. The normalized spacial score (nSPS) is 24.4. The van der Waals surface area contributed by atoms with Gasteiger partial charge < -0.3 is 9.80 Å². The molecule has 6 heteroatoms. The van der Waals surface area contributed by atoms with Gasteiger partial charge in [-0.3, -0.25) is 19.9 Å². The van der Waals surface area contributed by atoms with Crippen LogP contribution in [0.2, 0.25) is 0 Å². The molecule has 2 aliphatic heterocycles. The fraction of sp³-hybridized carbons (Fsp3) is 0.708. The highest BCUT2D eigenvalue weighted by Gasteiger charge is 2.51. The van der Waals surface area contributed by atoms with Gasteiger partial charge in [0.2, 0.25) is 11.8 Å². The third-order valence-electron chi connectivity index (χ3n) is 7.16. The summed E-state index contributed by atoms with van der Waals surface area (Å²) in [5.41, 5.74) is 0.694. The minimum Gasteiger partial charge on any atom is -0.342 e. The summed E-state index contributed by atoms with van der Waals surface area (Å²) in [5, 5.41) is 3.72. The first-order chi connectivity index (χ1) is 14.5. The molecule has 6 nitrogen and oxygen atoms in total. The van der Waals surface area contributed by atoms with Crippen LogP contribution in [0.4, 0.5) is 0 Å². The van der Waals surface area contributed by atoms with Crippen molar-refractivity contribution in [2.24, 2.45) is 11.8 Å². The first-order valence-corrected chi connectivity index (χ1v) is 11.8. The molecule has 0 radical (unpaired) electrons. The van der Waals surface area contributed by atoms with Crippen LogP contribution in [0.5, 0.6) is 0 Å². The molecule has 1 aromatic heterocycles. The van der Waals surface area contributed by atoms with Gasteiger partial charge >= 0.3 is 0 Å². The zero-order valence-electron chi connectivity index (χ0n) is 18.5. The second kappa shape index (κ2) is 9.04. The monoisotopic (exact) mass is 412 g/mol. The molecule has 4 rings (SSSR count). The SMILES string of the molecule is CC(C)CC1NC2(CCN(C(=O)C3CCCC3)CC2)N(CCc2ccccn2)C1=O. The molecule has 1 N–H and O–H groups in total. The van der Waals surface area contributed by atoms with E-state index in [9.17, 15) is 9.59 Å². The van der Waals surface area contributed by atoms with Gasteiger partial charge in [-0.2, -0.15) is 0 Å². The molecular formula is C24H36N4O2. The first kappa shape index (κ1) is 21.3. The minimum absolute atomic E-state index is 0.120. The van der Waals surface area contributed by atoms with Crippen LogP contribution in [-0.2, 0) is 16.0 Å². The van der Waals surface area contributed by atoms with Gasteiger partial charge in [0.05, 0.1) is 11.7 Å². The summed E-state index contributed by atoms with van der Waals surface area (Å²) in [6, 6.07) is 5.82. The Bertz CT molecular complexity index is 737. The Morgan fingerprint density at radius 1 is 1.23 bits per heavy atom. The number of hydrogen-bond acceptors (Lipinski definition) is 4. The molecule has 164 valence electrons. The van der Waals surface area contributed by atoms with E-state index in [0.717, 1.165) is 57.3 Å². The number of carbonyl (C=O) groups is 2. The number of carbonyl (C=O) groups excluding carboxylic acids is 2. The molecule has 3 fully saturated rings. The van der Waals surface area contributed by atoms with Crippen LogP contribution >= 0.6 is 0 Å². The number of likely N-dealkylation sites (tertiary alicyclic amines) is 1. The largest absolute Gasteiger partial charge is 0.342 e. The van der Waals surface area contributed by atoms with Crippen LogP contribution < -0.4 is 5.32 Å². The third-order valence-corrected chi connectivity index (χ3v) is 7.16. The number of amides is 2. The van der Waals surface area contributed by atoms with E-state index < -0.39 is 0 Å². The van der Waals surface area contributed by atoms with E-state index in [1.165, 1.54) is 12.8 Å². The quantitative estimate of drug-likeness (QED) is 0.780. The van der Waals surface area contributed by atoms with Gasteiger partial charge in [0.1, 0.15) is 0 Å². The number of hydrogen-bond donors (Lipinski definition) is 1. The van der Waals surface area contributed by atoms with E-state index in [0.29, 0.717) is 18.4 Å². The molecule has 1 unspecified atom stereocenters. The topological polar surface area (TPSA) is 65.5 Å². The summed E-state index contributed by atoms with van der Waals surface area (Å²) in [6.07, 6.45) is 9.50. The second-order valence-electron chi connectivity index (χ2n) is 9.73. The van der Waals surface area contributed by atoms with Crippen molar-refractivity contribution in [2.75, 3.05) is 19.6 Å². The minimum atomic E-state index is -0.322. The molecule has 1 aliphatic carbocycles. The predicted octanol–water partition coefficient (Wildman–Crippen LogP) is 2.98. The van der Waals surface area contributed by atoms with E-state index in [-0.39, 0.29) is 23.5 Å². The molecule has 0 aromatic carbocycles. The molecule has 1 saturated carbocycles. The Balaban J connectivity index is 1.45. The van der Waals surface area contributed by atoms with E-state index in [1.807, 2.05) is 24.4 Å². The number of piperidine rings is 1. The summed E-state index contributed by atoms with van der Waals surface area (Å²) in [7, 11) is 0. The summed E-state index contributed by atoms with van der Waals surface area (Å²) in [4.78, 5) is 34.8. The van der Waals surface area contributed by atoms with Crippen LogP contribution in [0.25, 0.3) is 0 Å². The Morgan fingerprint density at radius 3 is 2.60 bits per heavy atom. The Hall–Kier alpha value is -1.95. The second-order valence-corrected chi connectivity index (χ2v) is 9.73. The maximum atomic E-state index is 13.3. The molecule has 3 heterocycles.